The van der Waals surface area contributed by atoms with Gasteiger partial charge < -0.3 is 0 Å². The minimum absolute atomic E-state index is 0.234. The molecule has 2 aliphatic heterocycles. The van der Waals surface area contributed by atoms with Crippen molar-refractivity contribution >= 4 is 17.4 Å². The standard InChI is InChI=1S/C21H21NO2/c1-13-10-15-17-16(11-13)21(4,14-8-6-5-7-9-14)12-20(2,3)22(17)19(24)18(15)23/h5-11H,12H2,1-4H3/t21-/m0/s1. The highest BCUT2D eigenvalue weighted by atomic mass is 16.2. The Kier molecular flexibility index (Phi) is 2.88. The zero-order valence-electron chi connectivity index (χ0n) is 14.5. The van der Waals surface area contributed by atoms with Crippen molar-refractivity contribution in [2.45, 2.75) is 45.1 Å². The Balaban J connectivity index is 2.08. The number of ketones is 1. The van der Waals surface area contributed by atoms with Crippen LogP contribution in [0.4, 0.5) is 5.69 Å². The molecule has 1 amide bonds. The van der Waals surface area contributed by atoms with Gasteiger partial charge in [-0.15, -0.1) is 0 Å². The molecular formula is C21H21NO2. The molecule has 4 rings (SSSR count). The van der Waals surface area contributed by atoms with Crippen molar-refractivity contribution < 1.29 is 9.59 Å². The molecule has 0 N–H and O–H groups in total. The fourth-order valence-corrected chi connectivity index (χ4v) is 4.61. The summed E-state index contributed by atoms with van der Waals surface area (Å²) >= 11 is 0. The summed E-state index contributed by atoms with van der Waals surface area (Å²) in [4.78, 5) is 26.9. The predicted octanol–water partition coefficient (Wildman–Crippen LogP) is 4.01. The number of hydrogen-bond acceptors (Lipinski definition) is 2. The van der Waals surface area contributed by atoms with E-state index in [0.29, 0.717) is 5.56 Å². The number of anilines is 1. The van der Waals surface area contributed by atoms with Crippen molar-refractivity contribution in [1.29, 1.82) is 0 Å². The Morgan fingerprint density at radius 1 is 1.00 bits per heavy atom. The summed E-state index contributed by atoms with van der Waals surface area (Å²) in [7, 11) is 0. The molecule has 1 atom stereocenters. The van der Waals surface area contributed by atoms with Crippen LogP contribution in [0.3, 0.4) is 0 Å². The van der Waals surface area contributed by atoms with E-state index >= 15 is 0 Å². The monoisotopic (exact) mass is 319 g/mol. The molecule has 0 radical (unpaired) electrons. The molecule has 2 aliphatic rings. The Hall–Kier alpha value is -2.42. The number of carbonyl (C=O) groups excluding carboxylic acids is 2. The molecule has 0 fully saturated rings. The van der Waals surface area contributed by atoms with Gasteiger partial charge in [-0.2, -0.15) is 0 Å². The summed E-state index contributed by atoms with van der Waals surface area (Å²) in [6.07, 6.45) is 0.777. The molecule has 0 bridgehead atoms. The maximum absolute atomic E-state index is 12.6. The minimum atomic E-state index is -0.412. The van der Waals surface area contributed by atoms with Gasteiger partial charge in [0.1, 0.15) is 0 Å². The number of aryl methyl sites for hydroxylation is 1. The second kappa shape index (κ2) is 4.56. The van der Waals surface area contributed by atoms with Gasteiger partial charge in [0.15, 0.2) is 0 Å². The summed E-state index contributed by atoms with van der Waals surface area (Å²) in [5, 5.41) is 0. The largest absolute Gasteiger partial charge is 0.299 e. The lowest BCUT2D eigenvalue weighted by atomic mass is 9.65. The molecule has 2 heterocycles. The second-order valence-electron chi connectivity index (χ2n) is 7.87. The van der Waals surface area contributed by atoms with Crippen molar-refractivity contribution in [2.24, 2.45) is 0 Å². The van der Waals surface area contributed by atoms with Crippen LogP contribution in [0, 0.1) is 6.92 Å². The van der Waals surface area contributed by atoms with E-state index in [1.54, 1.807) is 4.90 Å². The van der Waals surface area contributed by atoms with Crippen LogP contribution in [-0.2, 0) is 10.2 Å². The van der Waals surface area contributed by atoms with Crippen LogP contribution >= 0.6 is 0 Å². The lowest BCUT2D eigenvalue weighted by Crippen LogP contribution is -2.54. The summed E-state index contributed by atoms with van der Waals surface area (Å²) in [5.41, 5.74) is 4.06. The van der Waals surface area contributed by atoms with Gasteiger partial charge in [0, 0.05) is 11.0 Å². The van der Waals surface area contributed by atoms with Gasteiger partial charge in [-0.3, -0.25) is 14.5 Å². The lowest BCUT2D eigenvalue weighted by Gasteiger charge is -2.49. The van der Waals surface area contributed by atoms with E-state index < -0.39 is 11.4 Å². The SMILES string of the molecule is Cc1cc2c3c(c1)[C@](C)(c1ccccc1)CC(C)(C)N3C(=O)C2=O. The molecule has 0 unspecified atom stereocenters. The Morgan fingerprint density at radius 3 is 2.33 bits per heavy atom. The average Bonchev–Trinajstić information content (AvgIpc) is 2.79. The summed E-state index contributed by atoms with van der Waals surface area (Å²) in [6.45, 7) is 8.32. The highest BCUT2D eigenvalue weighted by Crippen LogP contribution is 2.54. The van der Waals surface area contributed by atoms with E-state index in [4.69, 9.17) is 0 Å². The van der Waals surface area contributed by atoms with E-state index in [9.17, 15) is 9.59 Å². The average molecular weight is 319 g/mol. The van der Waals surface area contributed by atoms with E-state index in [1.807, 2.05) is 31.2 Å². The van der Waals surface area contributed by atoms with Gasteiger partial charge in [0.2, 0.25) is 0 Å². The van der Waals surface area contributed by atoms with Crippen molar-refractivity contribution in [1.82, 2.24) is 0 Å². The third-order valence-corrected chi connectivity index (χ3v) is 5.52. The normalized spacial score (nSPS) is 24.2. The third kappa shape index (κ3) is 1.78. The van der Waals surface area contributed by atoms with Crippen LogP contribution < -0.4 is 4.90 Å². The maximum atomic E-state index is 12.6. The van der Waals surface area contributed by atoms with E-state index in [-0.39, 0.29) is 11.2 Å². The van der Waals surface area contributed by atoms with Crippen molar-refractivity contribution in [3.63, 3.8) is 0 Å². The highest BCUT2D eigenvalue weighted by molar-refractivity contribution is 6.53. The van der Waals surface area contributed by atoms with E-state index in [1.165, 1.54) is 5.56 Å². The van der Waals surface area contributed by atoms with Gasteiger partial charge in [0.25, 0.3) is 11.7 Å². The summed E-state index contributed by atoms with van der Waals surface area (Å²) < 4.78 is 0. The first-order valence-electron chi connectivity index (χ1n) is 8.35. The topological polar surface area (TPSA) is 37.4 Å². The van der Waals surface area contributed by atoms with Gasteiger partial charge in [-0.05, 0) is 49.9 Å². The summed E-state index contributed by atoms with van der Waals surface area (Å²) in [6, 6.07) is 14.4. The lowest BCUT2D eigenvalue weighted by molar-refractivity contribution is -0.115. The van der Waals surface area contributed by atoms with Crippen molar-refractivity contribution in [3.05, 3.63) is 64.7 Å². The van der Waals surface area contributed by atoms with Crippen molar-refractivity contribution in [3.8, 4) is 0 Å². The van der Waals surface area contributed by atoms with Crippen LogP contribution in [0.5, 0.6) is 0 Å². The number of carbonyl (C=O) groups is 2. The van der Waals surface area contributed by atoms with E-state index in [0.717, 1.165) is 23.2 Å². The Labute approximate surface area is 142 Å². The molecule has 122 valence electrons. The molecule has 0 saturated heterocycles. The number of amides is 1. The zero-order chi connectivity index (χ0) is 17.3. The zero-order valence-corrected chi connectivity index (χ0v) is 14.5. The molecular weight excluding hydrogens is 298 g/mol. The highest BCUT2D eigenvalue weighted by Gasteiger charge is 2.53. The molecule has 0 spiro atoms. The first-order chi connectivity index (χ1) is 11.3. The minimum Gasteiger partial charge on any atom is -0.299 e. The van der Waals surface area contributed by atoms with Crippen LogP contribution in [-0.4, -0.2) is 17.2 Å². The maximum Gasteiger partial charge on any atom is 0.299 e. The van der Waals surface area contributed by atoms with Crippen LogP contribution in [0.25, 0.3) is 0 Å². The van der Waals surface area contributed by atoms with Gasteiger partial charge >= 0.3 is 0 Å². The molecule has 24 heavy (non-hydrogen) atoms. The molecule has 0 aliphatic carbocycles. The predicted molar refractivity (Wildman–Crippen MR) is 94.6 cm³/mol. The first-order valence-corrected chi connectivity index (χ1v) is 8.35. The van der Waals surface area contributed by atoms with Crippen LogP contribution in [0.15, 0.2) is 42.5 Å². The quantitative estimate of drug-likeness (QED) is 0.745. The van der Waals surface area contributed by atoms with Gasteiger partial charge in [-0.25, -0.2) is 0 Å². The van der Waals surface area contributed by atoms with E-state index in [2.05, 4.69) is 39.0 Å². The van der Waals surface area contributed by atoms with Crippen LogP contribution in [0.1, 0.15) is 54.2 Å². The fraction of sp³-hybridized carbons (Fsp3) is 0.333. The van der Waals surface area contributed by atoms with Crippen LogP contribution in [0.2, 0.25) is 0 Å². The number of rotatable bonds is 1. The van der Waals surface area contributed by atoms with Gasteiger partial charge in [0.05, 0.1) is 11.3 Å². The first kappa shape index (κ1) is 15.1. The summed E-state index contributed by atoms with van der Waals surface area (Å²) in [5.74, 6) is -0.766. The third-order valence-electron chi connectivity index (χ3n) is 5.52. The molecule has 3 nitrogen and oxygen atoms in total. The molecule has 3 heteroatoms. The number of nitrogens with zero attached hydrogens (tertiary/aromatic N) is 1. The molecule has 0 saturated carbocycles. The van der Waals surface area contributed by atoms with Gasteiger partial charge in [-0.1, -0.05) is 43.3 Å². The fourth-order valence-electron chi connectivity index (χ4n) is 4.61. The molecule has 2 aromatic rings. The number of hydrogen-bond donors (Lipinski definition) is 0. The number of benzene rings is 2. The smallest absolute Gasteiger partial charge is 0.299 e. The Bertz CT molecular complexity index is 882. The molecule has 0 aromatic heterocycles. The second-order valence-corrected chi connectivity index (χ2v) is 7.87. The number of Topliss-reactive ketones (excluding diaryl/α,β-unsaturated/α-hetero) is 1. The van der Waals surface area contributed by atoms with Crippen molar-refractivity contribution in [2.75, 3.05) is 4.90 Å². The Morgan fingerprint density at radius 2 is 1.67 bits per heavy atom. The molecule has 2 aromatic carbocycles.